The van der Waals surface area contributed by atoms with Crippen molar-refractivity contribution >= 4 is 11.6 Å². The highest BCUT2D eigenvalue weighted by atomic mass is 35.5. The highest BCUT2D eigenvalue weighted by molar-refractivity contribution is 6.32. The minimum absolute atomic E-state index is 0.285. The molecule has 0 heterocycles. The number of hydrogen-bond donors (Lipinski definition) is 1. The van der Waals surface area contributed by atoms with E-state index in [2.05, 4.69) is 39.1 Å². The van der Waals surface area contributed by atoms with Crippen molar-refractivity contribution in [2.75, 3.05) is 13.7 Å². The Kier molecular flexibility index (Phi) is 5.48. The van der Waals surface area contributed by atoms with Crippen LogP contribution >= 0.6 is 11.6 Å². The maximum Gasteiger partial charge on any atom is 0.137 e. The van der Waals surface area contributed by atoms with Gasteiger partial charge in [-0.1, -0.05) is 38.4 Å². The van der Waals surface area contributed by atoms with E-state index < -0.39 is 0 Å². The van der Waals surface area contributed by atoms with Crippen LogP contribution < -0.4 is 10.1 Å². The topological polar surface area (TPSA) is 21.3 Å². The molecule has 1 atom stereocenters. The maximum atomic E-state index is 6.23. The quantitative estimate of drug-likeness (QED) is 0.854. The Labute approximate surface area is 116 Å². The molecule has 0 aliphatic carbocycles. The monoisotopic (exact) mass is 269 g/mol. The molecule has 1 N–H and O–H groups in total. The summed E-state index contributed by atoms with van der Waals surface area (Å²) in [6.07, 6.45) is 1.01. The second-order valence-electron chi connectivity index (χ2n) is 5.86. The Bertz CT molecular complexity index is 385. The number of benzene rings is 1. The molecule has 1 aromatic carbocycles. The molecule has 1 unspecified atom stereocenters. The van der Waals surface area contributed by atoms with Gasteiger partial charge < -0.3 is 10.1 Å². The van der Waals surface area contributed by atoms with Crippen molar-refractivity contribution in [3.63, 3.8) is 0 Å². The van der Waals surface area contributed by atoms with E-state index in [0.717, 1.165) is 12.2 Å². The van der Waals surface area contributed by atoms with Gasteiger partial charge in [0, 0.05) is 6.04 Å². The van der Waals surface area contributed by atoms with Crippen molar-refractivity contribution in [2.45, 2.75) is 40.2 Å². The van der Waals surface area contributed by atoms with Crippen LogP contribution in [0.2, 0.25) is 5.02 Å². The summed E-state index contributed by atoms with van der Waals surface area (Å²) in [7, 11) is 1.94. The van der Waals surface area contributed by atoms with Crippen molar-refractivity contribution < 1.29 is 4.74 Å². The lowest BCUT2D eigenvalue weighted by Gasteiger charge is -2.19. The molecule has 0 aliphatic heterocycles. The van der Waals surface area contributed by atoms with E-state index in [1.165, 1.54) is 5.56 Å². The van der Waals surface area contributed by atoms with Gasteiger partial charge in [0.05, 0.1) is 11.6 Å². The van der Waals surface area contributed by atoms with Crippen LogP contribution in [0.3, 0.4) is 0 Å². The highest BCUT2D eigenvalue weighted by Crippen LogP contribution is 2.28. The molecule has 0 amide bonds. The average molecular weight is 270 g/mol. The van der Waals surface area contributed by atoms with Crippen molar-refractivity contribution in [1.29, 1.82) is 0 Å². The zero-order valence-electron chi connectivity index (χ0n) is 12.0. The molecule has 102 valence electrons. The van der Waals surface area contributed by atoms with E-state index in [9.17, 15) is 0 Å². The van der Waals surface area contributed by atoms with Crippen LogP contribution in [0, 0.1) is 5.41 Å². The summed E-state index contributed by atoms with van der Waals surface area (Å²) in [6, 6.07) is 6.27. The fourth-order valence-corrected chi connectivity index (χ4v) is 1.78. The van der Waals surface area contributed by atoms with Crippen LogP contribution in [-0.2, 0) is 0 Å². The molecule has 1 aromatic rings. The van der Waals surface area contributed by atoms with Gasteiger partial charge in [0.15, 0.2) is 0 Å². The number of halogens is 1. The van der Waals surface area contributed by atoms with Crippen molar-refractivity contribution in [3.8, 4) is 5.75 Å². The summed E-state index contributed by atoms with van der Waals surface area (Å²) in [5.74, 6) is 0.771. The Morgan fingerprint density at radius 3 is 2.50 bits per heavy atom. The smallest absolute Gasteiger partial charge is 0.137 e. The summed E-state index contributed by atoms with van der Waals surface area (Å²) in [5, 5.41) is 3.88. The number of rotatable bonds is 5. The van der Waals surface area contributed by atoms with Crippen molar-refractivity contribution in [1.82, 2.24) is 5.32 Å². The predicted octanol–water partition coefficient (Wildman–Crippen LogP) is 4.44. The van der Waals surface area contributed by atoms with Gasteiger partial charge in [0.1, 0.15) is 5.75 Å². The summed E-state index contributed by atoms with van der Waals surface area (Å²) < 4.78 is 5.73. The van der Waals surface area contributed by atoms with E-state index in [1.807, 2.05) is 19.2 Å². The fourth-order valence-electron chi connectivity index (χ4n) is 1.54. The van der Waals surface area contributed by atoms with E-state index in [-0.39, 0.29) is 5.41 Å². The molecule has 0 saturated carbocycles. The van der Waals surface area contributed by atoms with E-state index in [1.54, 1.807) is 0 Å². The molecular formula is C15H24ClNO. The third-order valence-electron chi connectivity index (χ3n) is 3.00. The molecular weight excluding hydrogens is 246 g/mol. The van der Waals surface area contributed by atoms with Crippen LogP contribution in [-0.4, -0.2) is 13.7 Å². The first-order chi connectivity index (χ1) is 8.33. The molecule has 0 aromatic heterocycles. The lowest BCUT2D eigenvalue weighted by Crippen LogP contribution is -2.13. The number of hydrogen-bond acceptors (Lipinski definition) is 2. The molecule has 18 heavy (non-hydrogen) atoms. The standard InChI is InChI=1S/C15H24ClNO/c1-11(17-5)12-6-7-14(13(16)10-12)18-9-8-15(2,3)4/h6-7,10-11,17H,8-9H2,1-5H3. The van der Waals surface area contributed by atoms with Gasteiger partial charge in [0.25, 0.3) is 0 Å². The number of ether oxygens (including phenoxy) is 1. The first kappa shape index (κ1) is 15.3. The van der Waals surface area contributed by atoms with Crippen LogP contribution in [0.5, 0.6) is 5.75 Å². The third-order valence-corrected chi connectivity index (χ3v) is 3.29. The Morgan fingerprint density at radius 1 is 1.33 bits per heavy atom. The first-order valence-electron chi connectivity index (χ1n) is 6.43. The van der Waals surface area contributed by atoms with Crippen LogP contribution in [0.1, 0.15) is 45.7 Å². The molecule has 3 heteroatoms. The molecule has 0 radical (unpaired) electrons. The van der Waals surface area contributed by atoms with Gasteiger partial charge in [-0.25, -0.2) is 0 Å². The summed E-state index contributed by atoms with van der Waals surface area (Å²) in [4.78, 5) is 0. The molecule has 0 aliphatic rings. The van der Waals surface area contributed by atoms with E-state index in [4.69, 9.17) is 16.3 Å². The molecule has 0 bridgehead atoms. The second kappa shape index (κ2) is 6.44. The van der Waals surface area contributed by atoms with Crippen LogP contribution in [0.25, 0.3) is 0 Å². The zero-order valence-corrected chi connectivity index (χ0v) is 12.8. The number of nitrogens with one attached hydrogen (secondary N) is 1. The van der Waals surface area contributed by atoms with Gasteiger partial charge in [0.2, 0.25) is 0 Å². The van der Waals surface area contributed by atoms with Gasteiger partial charge in [-0.05, 0) is 43.5 Å². The van der Waals surface area contributed by atoms with Gasteiger partial charge in [-0.3, -0.25) is 0 Å². The molecule has 0 saturated heterocycles. The first-order valence-corrected chi connectivity index (χ1v) is 6.81. The molecule has 0 spiro atoms. The Hall–Kier alpha value is -0.730. The van der Waals surface area contributed by atoms with Gasteiger partial charge >= 0.3 is 0 Å². The molecule has 1 rings (SSSR count). The lowest BCUT2D eigenvalue weighted by molar-refractivity contribution is 0.243. The summed E-state index contributed by atoms with van der Waals surface area (Å²) in [5.41, 5.74) is 1.46. The second-order valence-corrected chi connectivity index (χ2v) is 6.27. The molecule has 2 nitrogen and oxygen atoms in total. The average Bonchev–Trinajstić information content (AvgIpc) is 2.28. The van der Waals surface area contributed by atoms with Crippen molar-refractivity contribution in [2.24, 2.45) is 5.41 Å². The lowest BCUT2D eigenvalue weighted by atomic mass is 9.93. The Balaban J connectivity index is 2.63. The molecule has 0 fully saturated rings. The summed E-state index contributed by atoms with van der Waals surface area (Å²) >= 11 is 6.23. The van der Waals surface area contributed by atoms with E-state index in [0.29, 0.717) is 17.7 Å². The van der Waals surface area contributed by atoms with Crippen LogP contribution in [0.15, 0.2) is 18.2 Å². The van der Waals surface area contributed by atoms with Gasteiger partial charge in [-0.15, -0.1) is 0 Å². The SMILES string of the molecule is CNC(C)c1ccc(OCCC(C)(C)C)c(Cl)c1. The Morgan fingerprint density at radius 2 is 2.00 bits per heavy atom. The highest BCUT2D eigenvalue weighted by Gasteiger charge is 2.11. The largest absolute Gasteiger partial charge is 0.492 e. The fraction of sp³-hybridized carbons (Fsp3) is 0.600. The maximum absolute atomic E-state index is 6.23. The summed E-state index contributed by atoms with van der Waals surface area (Å²) in [6.45, 7) is 9.41. The normalized spacial score (nSPS) is 13.4. The predicted molar refractivity (Wildman–Crippen MR) is 78.5 cm³/mol. The minimum atomic E-state index is 0.285. The third kappa shape index (κ3) is 4.87. The van der Waals surface area contributed by atoms with E-state index >= 15 is 0 Å². The minimum Gasteiger partial charge on any atom is -0.492 e. The zero-order chi connectivity index (χ0) is 13.8. The van der Waals surface area contributed by atoms with Crippen LogP contribution in [0.4, 0.5) is 0 Å². The van der Waals surface area contributed by atoms with Crippen molar-refractivity contribution in [3.05, 3.63) is 28.8 Å². The van der Waals surface area contributed by atoms with Gasteiger partial charge in [-0.2, -0.15) is 0 Å².